The number of nitrogens with one attached hydrogen (secondary N) is 3. The molecule has 2 aliphatic rings. The quantitative estimate of drug-likeness (QED) is 0.500. The summed E-state index contributed by atoms with van der Waals surface area (Å²) in [6.45, 7) is 11.2. The number of carbonyl (C=O) groups excluding carboxylic acids is 2. The molecule has 0 radical (unpaired) electrons. The van der Waals surface area contributed by atoms with Crippen molar-refractivity contribution in [3.8, 4) is 11.3 Å². The Balaban J connectivity index is 0.00000200. The van der Waals surface area contributed by atoms with Crippen LogP contribution in [-0.2, 0) is 9.59 Å². The Bertz CT molecular complexity index is 1250. The maximum Gasteiger partial charge on any atom is 0.238 e. The number of anilines is 2. The molecule has 0 aromatic carbocycles. The summed E-state index contributed by atoms with van der Waals surface area (Å²) < 4.78 is 0. The van der Waals surface area contributed by atoms with E-state index in [0.29, 0.717) is 12.2 Å². The predicted octanol–water partition coefficient (Wildman–Crippen LogP) is 2.41. The second-order valence-corrected chi connectivity index (χ2v) is 9.81. The molecule has 10 nitrogen and oxygen atoms in total. The van der Waals surface area contributed by atoms with Crippen LogP contribution in [-0.4, -0.2) is 94.5 Å². The van der Waals surface area contributed by atoms with Gasteiger partial charge >= 0.3 is 0 Å². The summed E-state index contributed by atoms with van der Waals surface area (Å²) in [5.41, 5.74) is 3.18. The largest absolute Gasteiger partial charge is 0.352 e. The second kappa shape index (κ2) is 10.2. The fourth-order valence-corrected chi connectivity index (χ4v) is 5.44. The van der Waals surface area contributed by atoms with Gasteiger partial charge in [-0.05, 0) is 32.0 Å². The van der Waals surface area contributed by atoms with Crippen molar-refractivity contribution in [1.82, 2.24) is 30.1 Å². The fraction of sp³-hybridized carbons (Fsp3) is 0.462. The van der Waals surface area contributed by atoms with Gasteiger partial charge in [0.05, 0.1) is 24.1 Å². The van der Waals surface area contributed by atoms with E-state index in [1.165, 1.54) is 0 Å². The van der Waals surface area contributed by atoms with E-state index in [2.05, 4.69) is 44.2 Å². The molecule has 0 unspecified atom stereocenters. The first-order chi connectivity index (χ1) is 17.4. The minimum absolute atomic E-state index is 0. The van der Waals surface area contributed by atoms with Crippen LogP contribution in [0.3, 0.4) is 0 Å². The Hall–Kier alpha value is -3.50. The third kappa shape index (κ3) is 5.05. The Morgan fingerprint density at radius 2 is 1.92 bits per heavy atom. The van der Waals surface area contributed by atoms with E-state index in [1.807, 2.05) is 35.4 Å². The number of H-pyrrole nitrogens is 1. The molecule has 10 heteroatoms. The average molecular weight is 495 g/mol. The van der Waals surface area contributed by atoms with Gasteiger partial charge in [0.1, 0.15) is 11.5 Å². The van der Waals surface area contributed by atoms with Crippen LogP contribution in [0.15, 0.2) is 36.7 Å². The topological polar surface area (TPSA) is 109 Å². The number of hydrogen-bond acceptors (Lipinski definition) is 7. The van der Waals surface area contributed by atoms with Crippen LogP contribution < -0.4 is 15.5 Å². The molecular formula is C26H38N8O2. The molecule has 2 amide bonds. The van der Waals surface area contributed by atoms with Gasteiger partial charge in [0.25, 0.3) is 0 Å². The van der Waals surface area contributed by atoms with E-state index in [9.17, 15) is 9.59 Å². The van der Waals surface area contributed by atoms with Crippen molar-refractivity contribution in [2.24, 2.45) is 0 Å². The molecule has 2 atom stereocenters. The number of aromatic amines is 1. The summed E-state index contributed by atoms with van der Waals surface area (Å²) in [7, 11) is 0. The van der Waals surface area contributed by atoms with Crippen molar-refractivity contribution in [3.05, 3.63) is 36.7 Å². The molecule has 194 valence electrons. The Labute approximate surface area is 214 Å². The number of carbonyl (C=O) groups is 2. The summed E-state index contributed by atoms with van der Waals surface area (Å²) in [4.78, 5) is 43.7. The number of fused-ring (bicyclic) bond motifs is 1. The summed E-state index contributed by atoms with van der Waals surface area (Å²) >= 11 is 0. The van der Waals surface area contributed by atoms with Crippen molar-refractivity contribution >= 4 is 34.4 Å². The molecule has 3 N–H and O–H groups in total. The second-order valence-electron chi connectivity index (χ2n) is 9.81. The summed E-state index contributed by atoms with van der Waals surface area (Å²) in [5, 5.41) is 7.20. The van der Waals surface area contributed by atoms with Gasteiger partial charge in [0.15, 0.2) is 0 Å². The van der Waals surface area contributed by atoms with Gasteiger partial charge < -0.3 is 25.4 Å². The SMILES string of the molecule is CC(=O)N1[C@H](C)CN(c2cccc(-c3c[nH]c4ncc(NC(=O)CN5CCNCC5)cc34)n2)C[C@@H]1C.[HH].[HH]. The summed E-state index contributed by atoms with van der Waals surface area (Å²) in [6, 6.07) is 8.19. The lowest BCUT2D eigenvalue weighted by Crippen LogP contribution is -2.58. The lowest BCUT2D eigenvalue weighted by molar-refractivity contribution is -0.133. The monoisotopic (exact) mass is 494 g/mol. The number of pyridine rings is 2. The van der Waals surface area contributed by atoms with Crippen LogP contribution in [0, 0.1) is 0 Å². The number of rotatable bonds is 5. The predicted molar refractivity (Wildman–Crippen MR) is 145 cm³/mol. The van der Waals surface area contributed by atoms with Crippen LogP contribution in [0.25, 0.3) is 22.3 Å². The third-order valence-electron chi connectivity index (χ3n) is 7.01. The number of hydrogen-bond donors (Lipinski definition) is 3. The Morgan fingerprint density at radius 1 is 1.17 bits per heavy atom. The molecule has 5 heterocycles. The maximum atomic E-state index is 12.6. The Morgan fingerprint density at radius 3 is 2.64 bits per heavy atom. The zero-order valence-electron chi connectivity index (χ0n) is 21.1. The van der Waals surface area contributed by atoms with E-state index in [0.717, 1.165) is 67.4 Å². The minimum atomic E-state index is -0.0387. The number of nitrogens with zero attached hydrogens (tertiary/aromatic N) is 5. The number of aromatic nitrogens is 3. The van der Waals surface area contributed by atoms with Crippen LogP contribution >= 0.6 is 0 Å². The lowest BCUT2D eigenvalue weighted by Gasteiger charge is -2.44. The highest BCUT2D eigenvalue weighted by atomic mass is 16.2. The van der Waals surface area contributed by atoms with E-state index in [-0.39, 0.29) is 26.8 Å². The van der Waals surface area contributed by atoms with E-state index >= 15 is 0 Å². The summed E-state index contributed by atoms with van der Waals surface area (Å²) in [5.74, 6) is 0.957. The molecule has 0 saturated carbocycles. The highest BCUT2D eigenvalue weighted by molar-refractivity contribution is 5.98. The zero-order chi connectivity index (χ0) is 25.2. The molecule has 0 spiro atoms. The first-order valence-electron chi connectivity index (χ1n) is 12.6. The molecule has 0 bridgehead atoms. The standard InChI is InChI=1S/C26H34N8O2.2H2/c1-17-14-33(15-18(2)34(17)19(3)35)24-6-4-5-23(31-24)22-13-29-26-21(22)11-20(12-28-26)30-25(36)16-32-9-7-27-8-10-32;;/h4-6,11-13,17-18,27H,7-10,14-16H2,1-3H3,(H,28,29)(H,30,36);2*1H/t17-,18+;;. The van der Waals surface area contributed by atoms with Gasteiger partial charge in [-0.25, -0.2) is 9.97 Å². The molecule has 2 aliphatic heterocycles. The van der Waals surface area contributed by atoms with Crippen LogP contribution in [0.5, 0.6) is 0 Å². The minimum Gasteiger partial charge on any atom is -0.352 e. The molecule has 5 rings (SSSR count). The van der Waals surface area contributed by atoms with Gasteiger partial charge in [-0.3, -0.25) is 14.5 Å². The van der Waals surface area contributed by atoms with E-state index in [4.69, 9.17) is 4.98 Å². The molecule has 0 aliphatic carbocycles. The van der Waals surface area contributed by atoms with Crippen LogP contribution in [0.4, 0.5) is 11.5 Å². The molecule has 36 heavy (non-hydrogen) atoms. The zero-order valence-corrected chi connectivity index (χ0v) is 21.1. The first kappa shape index (κ1) is 24.2. The van der Waals surface area contributed by atoms with Gasteiger partial charge in [0.2, 0.25) is 11.8 Å². The van der Waals surface area contributed by atoms with E-state index < -0.39 is 0 Å². The van der Waals surface area contributed by atoms with E-state index in [1.54, 1.807) is 13.1 Å². The smallest absolute Gasteiger partial charge is 0.238 e. The highest BCUT2D eigenvalue weighted by Gasteiger charge is 2.31. The molecule has 3 aromatic rings. The number of piperazine rings is 2. The van der Waals surface area contributed by atoms with Gasteiger partial charge in [-0.1, -0.05) is 6.07 Å². The van der Waals surface area contributed by atoms with Gasteiger partial charge in [-0.2, -0.15) is 0 Å². The number of amides is 2. The van der Waals surface area contributed by atoms with Crippen molar-refractivity contribution in [1.29, 1.82) is 0 Å². The van der Waals surface area contributed by atoms with Crippen LogP contribution in [0.1, 0.15) is 23.6 Å². The molecule has 2 fully saturated rings. The van der Waals surface area contributed by atoms with Crippen molar-refractivity contribution in [3.63, 3.8) is 0 Å². The van der Waals surface area contributed by atoms with Crippen molar-refractivity contribution < 1.29 is 12.4 Å². The first-order valence-corrected chi connectivity index (χ1v) is 12.6. The third-order valence-corrected chi connectivity index (χ3v) is 7.01. The fourth-order valence-electron chi connectivity index (χ4n) is 5.44. The molecule has 2 saturated heterocycles. The average Bonchev–Trinajstić information content (AvgIpc) is 3.27. The molecular weight excluding hydrogens is 456 g/mol. The van der Waals surface area contributed by atoms with Crippen LogP contribution in [0.2, 0.25) is 0 Å². The Kier molecular flexibility index (Phi) is 6.88. The maximum absolute atomic E-state index is 12.6. The van der Waals surface area contributed by atoms with Gasteiger partial charge in [0, 0.05) is 78.3 Å². The highest BCUT2D eigenvalue weighted by Crippen LogP contribution is 2.30. The summed E-state index contributed by atoms with van der Waals surface area (Å²) in [6.07, 6.45) is 3.59. The van der Waals surface area contributed by atoms with Crippen molar-refractivity contribution in [2.45, 2.75) is 32.9 Å². The molecule has 3 aromatic heterocycles. The van der Waals surface area contributed by atoms with Crippen molar-refractivity contribution in [2.75, 3.05) is 56.0 Å². The normalized spacial score (nSPS) is 21.1. The lowest BCUT2D eigenvalue weighted by atomic mass is 10.1. The van der Waals surface area contributed by atoms with Gasteiger partial charge in [-0.15, -0.1) is 0 Å².